The molecule has 0 aromatic heterocycles. The lowest BCUT2D eigenvalue weighted by atomic mass is 10.1. The third-order valence-corrected chi connectivity index (χ3v) is 4.26. The lowest BCUT2D eigenvalue weighted by Gasteiger charge is -2.20. The van der Waals surface area contributed by atoms with E-state index in [-0.39, 0.29) is 0 Å². The summed E-state index contributed by atoms with van der Waals surface area (Å²) < 4.78 is 1.21. The molecule has 1 aromatic carbocycles. The Kier molecular flexibility index (Phi) is 7.66. The van der Waals surface area contributed by atoms with Gasteiger partial charge in [0.1, 0.15) is 0 Å². The number of unbranched alkanes of at least 4 members (excludes halogenated alkanes) is 1. The van der Waals surface area contributed by atoms with Crippen molar-refractivity contribution in [2.24, 2.45) is 0 Å². The molecule has 3 heteroatoms. The van der Waals surface area contributed by atoms with Gasteiger partial charge in [-0.3, -0.25) is 0 Å². The SMILES string of the molecule is Cc1ccc(CNCCCCN(C)C(C)C)c(Br)c1. The highest BCUT2D eigenvalue weighted by Crippen LogP contribution is 2.17. The van der Waals surface area contributed by atoms with E-state index < -0.39 is 0 Å². The summed E-state index contributed by atoms with van der Waals surface area (Å²) in [6.07, 6.45) is 2.50. The van der Waals surface area contributed by atoms with Gasteiger partial charge in [0.15, 0.2) is 0 Å². The van der Waals surface area contributed by atoms with Crippen molar-refractivity contribution in [3.8, 4) is 0 Å². The van der Waals surface area contributed by atoms with Crippen molar-refractivity contribution in [1.29, 1.82) is 0 Å². The van der Waals surface area contributed by atoms with Gasteiger partial charge in [-0.1, -0.05) is 28.1 Å². The number of hydrogen-bond acceptors (Lipinski definition) is 2. The average Bonchev–Trinajstić information content (AvgIpc) is 2.35. The zero-order chi connectivity index (χ0) is 14.3. The van der Waals surface area contributed by atoms with Gasteiger partial charge < -0.3 is 10.2 Å². The molecule has 0 saturated heterocycles. The van der Waals surface area contributed by atoms with Gasteiger partial charge in [-0.15, -0.1) is 0 Å². The van der Waals surface area contributed by atoms with Crippen LogP contribution in [0.25, 0.3) is 0 Å². The molecule has 0 heterocycles. The minimum Gasteiger partial charge on any atom is -0.313 e. The molecule has 0 saturated carbocycles. The minimum absolute atomic E-state index is 0.650. The van der Waals surface area contributed by atoms with Crippen LogP contribution in [0, 0.1) is 6.92 Å². The van der Waals surface area contributed by atoms with Crippen molar-refractivity contribution in [2.45, 2.75) is 46.2 Å². The third-order valence-electron chi connectivity index (χ3n) is 3.52. The zero-order valence-corrected chi connectivity index (χ0v) is 14.3. The monoisotopic (exact) mass is 326 g/mol. The number of nitrogens with zero attached hydrogens (tertiary/aromatic N) is 1. The maximum Gasteiger partial charge on any atom is 0.0222 e. The average molecular weight is 327 g/mol. The summed E-state index contributed by atoms with van der Waals surface area (Å²) in [4.78, 5) is 2.40. The second kappa shape index (κ2) is 8.72. The van der Waals surface area contributed by atoms with E-state index in [0.29, 0.717) is 6.04 Å². The van der Waals surface area contributed by atoms with Gasteiger partial charge in [-0.25, -0.2) is 0 Å². The van der Waals surface area contributed by atoms with E-state index in [1.807, 2.05) is 0 Å². The highest BCUT2D eigenvalue weighted by molar-refractivity contribution is 9.10. The van der Waals surface area contributed by atoms with Crippen molar-refractivity contribution in [3.63, 3.8) is 0 Å². The van der Waals surface area contributed by atoms with Gasteiger partial charge in [-0.05, 0) is 70.9 Å². The Balaban J connectivity index is 2.14. The van der Waals surface area contributed by atoms with Crippen molar-refractivity contribution in [1.82, 2.24) is 10.2 Å². The molecular weight excluding hydrogens is 300 g/mol. The van der Waals surface area contributed by atoms with E-state index in [2.05, 4.69) is 72.2 Å². The molecule has 1 aromatic rings. The van der Waals surface area contributed by atoms with Crippen LogP contribution in [-0.4, -0.2) is 31.1 Å². The molecule has 0 atom stereocenters. The van der Waals surface area contributed by atoms with Gasteiger partial charge in [0.2, 0.25) is 0 Å². The molecule has 0 spiro atoms. The molecule has 0 fully saturated rings. The molecule has 0 radical (unpaired) electrons. The fourth-order valence-corrected chi connectivity index (χ4v) is 2.52. The van der Waals surface area contributed by atoms with Crippen LogP contribution < -0.4 is 5.32 Å². The highest BCUT2D eigenvalue weighted by Gasteiger charge is 2.02. The quantitative estimate of drug-likeness (QED) is 0.727. The van der Waals surface area contributed by atoms with Crippen molar-refractivity contribution >= 4 is 15.9 Å². The van der Waals surface area contributed by atoms with E-state index >= 15 is 0 Å². The first kappa shape index (κ1) is 16.7. The molecule has 19 heavy (non-hydrogen) atoms. The van der Waals surface area contributed by atoms with E-state index in [9.17, 15) is 0 Å². The molecule has 108 valence electrons. The van der Waals surface area contributed by atoms with Crippen LogP contribution in [0.15, 0.2) is 22.7 Å². The fourth-order valence-electron chi connectivity index (χ4n) is 1.89. The van der Waals surface area contributed by atoms with Gasteiger partial charge in [0.25, 0.3) is 0 Å². The number of rotatable bonds is 8. The normalized spacial score (nSPS) is 11.5. The van der Waals surface area contributed by atoms with Crippen LogP contribution in [0.2, 0.25) is 0 Å². The summed E-state index contributed by atoms with van der Waals surface area (Å²) >= 11 is 3.62. The molecule has 0 unspecified atom stereocenters. The van der Waals surface area contributed by atoms with E-state index in [1.54, 1.807) is 0 Å². The Hall–Kier alpha value is -0.380. The number of halogens is 1. The maximum absolute atomic E-state index is 3.62. The standard InChI is InChI=1S/C16H27BrN2/c1-13(2)19(4)10-6-5-9-18-12-15-8-7-14(3)11-16(15)17/h7-8,11,13,18H,5-6,9-10,12H2,1-4H3. The molecule has 0 amide bonds. The summed E-state index contributed by atoms with van der Waals surface area (Å²) in [6, 6.07) is 7.18. The van der Waals surface area contributed by atoms with Crippen LogP contribution in [-0.2, 0) is 6.54 Å². The van der Waals surface area contributed by atoms with Crippen LogP contribution in [0.3, 0.4) is 0 Å². The van der Waals surface area contributed by atoms with Crippen LogP contribution >= 0.6 is 15.9 Å². The number of aryl methyl sites for hydroxylation is 1. The lowest BCUT2D eigenvalue weighted by Crippen LogP contribution is -2.27. The first-order valence-electron chi connectivity index (χ1n) is 7.16. The largest absolute Gasteiger partial charge is 0.313 e. The van der Waals surface area contributed by atoms with Crippen molar-refractivity contribution in [2.75, 3.05) is 20.1 Å². The molecule has 1 N–H and O–H groups in total. The van der Waals surface area contributed by atoms with Gasteiger partial charge >= 0.3 is 0 Å². The molecule has 0 aliphatic rings. The Morgan fingerprint density at radius 2 is 2.00 bits per heavy atom. The number of hydrogen-bond donors (Lipinski definition) is 1. The summed E-state index contributed by atoms with van der Waals surface area (Å²) in [5.41, 5.74) is 2.64. The minimum atomic E-state index is 0.650. The molecule has 1 rings (SSSR count). The van der Waals surface area contributed by atoms with Gasteiger partial charge in [-0.2, -0.15) is 0 Å². The van der Waals surface area contributed by atoms with E-state index in [1.165, 1.54) is 35.0 Å². The van der Waals surface area contributed by atoms with Crippen molar-refractivity contribution in [3.05, 3.63) is 33.8 Å². The third kappa shape index (κ3) is 6.55. The Morgan fingerprint density at radius 3 is 2.63 bits per heavy atom. The zero-order valence-electron chi connectivity index (χ0n) is 12.7. The smallest absolute Gasteiger partial charge is 0.0222 e. The van der Waals surface area contributed by atoms with Crippen LogP contribution in [0.4, 0.5) is 0 Å². The molecule has 0 bridgehead atoms. The summed E-state index contributed by atoms with van der Waals surface area (Å²) in [6.45, 7) is 9.83. The summed E-state index contributed by atoms with van der Waals surface area (Å²) in [5, 5.41) is 3.52. The summed E-state index contributed by atoms with van der Waals surface area (Å²) in [7, 11) is 2.20. The molecular formula is C16H27BrN2. The van der Waals surface area contributed by atoms with E-state index in [0.717, 1.165) is 13.1 Å². The number of nitrogens with one attached hydrogen (secondary N) is 1. The highest BCUT2D eigenvalue weighted by atomic mass is 79.9. The fraction of sp³-hybridized carbons (Fsp3) is 0.625. The molecule has 2 nitrogen and oxygen atoms in total. The molecule has 0 aliphatic heterocycles. The van der Waals surface area contributed by atoms with E-state index in [4.69, 9.17) is 0 Å². The summed E-state index contributed by atoms with van der Waals surface area (Å²) in [5.74, 6) is 0. The second-order valence-electron chi connectivity index (χ2n) is 5.55. The van der Waals surface area contributed by atoms with Crippen LogP contribution in [0.1, 0.15) is 37.8 Å². The Labute approximate surface area is 126 Å². The predicted octanol–water partition coefficient (Wildman–Crippen LogP) is 3.97. The molecule has 0 aliphatic carbocycles. The van der Waals surface area contributed by atoms with Gasteiger partial charge in [0, 0.05) is 17.1 Å². The first-order valence-corrected chi connectivity index (χ1v) is 7.96. The number of benzene rings is 1. The lowest BCUT2D eigenvalue weighted by molar-refractivity contribution is 0.268. The Bertz CT molecular complexity index is 377. The van der Waals surface area contributed by atoms with Crippen molar-refractivity contribution < 1.29 is 0 Å². The second-order valence-corrected chi connectivity index (χ2v) is 6.41. The predicted molar refractivity (Wildman–Crippen MR) is 87.6 cm³/mol. The topological polar surface area (TPSA) is 15.3 Å². The first-order chi connectivity index (χ1) is 9.00. The Morgan fingerprint density at radius 1 is 1.26 bits per heavy atom. The maximum atomic E-state index is 3.62. The van der Waals surface area contributed by atoms with Crippen LogP contribution in [0.5, 0.6) is 0 Å². The van der Waals surface area contributed by atoms with Gasteiger partial charge in [0.05, 0.1) is 0 Å².